The molecule has 0 radical (unpaired) electrons. The Morgan fingerprint density at radius 3 is 2.67 bits per heavy atom. The van der Waals surface area contributed by atoms with Crippen LogP contribution in [0.3, 0.4) is 0 Å². The van der Waals surface area contributed by atoms with E-state index in [0.717, 1.165) is 16.6 Å². The number of aromatic amines is 1. The van der Waals surface area contributed by atoms with E-state index in [-0.39, 0.29) is 5.97 Å². The summed E-state index contributed by atoms with van der Waals surface area (Å²) in [6.07, 6.45) is 3.17. The highest BCUT2D eigenvalue weighted by Crippen LogP contribution is 2.15. The van der Waals surface area contributed by atoms with Gasteiger partial charge in [0.05, 0.1) is 0 Å². The summed E-state index contributed by atoms with van der Waals surface area (Å²) in [5, 5.41) is 1.13. The summed E-state index contributed by atoms with van der Waals surface area (Å²) in [4.78, 5) is 14.7. The van der Waals surface area contributed by atoms with Crippen molar-refractivity contribution in [1.82, 2.24) is 4.98 Å². The van der Waals surface area contributed by atoms with Gasteiger partial charge in [-0.25, -0.2) is 4.79 Å². The first-order valence-corrected chi connectivity index (χ1v) is 5.93. The fourth-order valence-corrected chi connectivity index (χ4v) is 1.68. The molecule has 0 unspecified atom stereocenters. The number of carbonyl (C=O) groups is 1. The highest BCUT2D eigenvalue weighted by atomic mass is 16.6. The Balaban J connectivity index is 2.11. The second-order valence-corrected chi connectivity index (χ2v) is 5.18. The molecule has 1 heterocycles. The van der Waals surface area contributed by atoms with Crippen molar-refractivity contribution in [2.24, 2.45) is 0 Å². The Hall–Kier alpha value is -2.03. The molecule has 0 atom stereocenters. The summed E-state index contributed by atoms with van der Waals surface area (Å²) in [6, 6.07) is 9.98. The number of hydrogen-bond donors (Lipinski definition) is 1. The zero-order valence-electron chi connectivity index (χ0n) is 10.9. The first-order valence-electron chi connectivity index (χ1n) is 5.93. The number of fused-ring (bicyclic) bond motifs is 1. The van der Waals surface area contributed by atoms with Crippen molar-refractivity contribution in [2.45, 2.75) is 26.4 Å². The SMILES string of the molecule is CC(C)(C)OC(=O)/C=C/c1cc2ccccc2[nH]1. The van der Waals surface area contributed by atoms with Gasteiger partial charge in [0.2, 0.25) is 0 Å². The number of nitrogens with one attached hydrogen (secondary N) is 1. The summed E-state index contributed by atoms with van der Waals surface area (Å²) in [5.74, 6) is -0.332. The Morgan fingerprint density at radius 2 is 2.00 bits per heavy atom. The van der Waals surface area contributed by atoms with E-state index in [0.29, 0.717) is 0 Å². The van der Waals surface area contributed by atoms with Gasteiger partial charge in [-0.2, -0.15) is 0 Å². The third-order valence-corrected chi connectivity index (χ3v) is 2.36. The van der Waals surface area contributed by atoms with Gasteiger partial charge in [0.25, 0.3) is 0 Å². The molecular weight excluding hydrogens is 226 g/mol. The third kappa shape index (κ3) is 3.23. The maximum absolute atomic E-state index is 11.5. The van der Waals surface area contributed by atoms with E-state index < -0.39 is 5.60 Å². The van der Waals surface area contributed by atoms with E-state index in [4.69, 9.17) is 4.74 Å². The minimum Gasteiger partial charge on any atom is -0.457 e. The van der Waals surface area contributed by atoms with Crippen LogP contribution in [0.5, 0.6) is 0 Å². The van der Waals surface area contributed by atoms with Gasteiger partial charge >= 0.3 is 5.97 Å². The van der Waals surface area contributed by atoms with Crippen LogP contribution in [-0.4, -0.2) is 16.6 Å². The molecule has 3 nitrogen and oxygen atoms in total. The number of benzene rings is 1. The monoisotopic (exact) mass is 243 g/mol. The van der Waals surface area contributed by atoms with Crippen molar-refractivity contribution in [3.63, 3.8) is 0 Å². The largest absolute Gasteiger partial charge is 0.457 e. The smallest absolute Gasteiger partial charge is 0.331 e. The van der Waals surface area contributed by atoms with Gasteiger partial charge in [0.1, 0.15) is 5.60 Å². The lowest BCUT2D eigenvalue weighted by molar-refractivity contribution is -0.148. The fourth-order valence-electron chi connectivity index (χ4n) is 1.68. The van der Waals surface area contributed by atoms with Crippen molar-refractivity contribution in [2.75, 3.05) is 0 Å². The Morgan fingerprint density at radius 1 is 1.28 bits per heavy atom. The van der Waals surface area contributed by atoms with Crippen molar-refractivity contribution >= 4 is 22.9 Å². The average molecular weight is 243 g/mol. The first kappa shape index (κ1) is 12.4. The molecule has 3 heteroatoms. The Bertz CT molecular complexity index is 555. The van der Waals surface area contributed by atoms with Crippen LogP contribution in [-0.2, 0) is 9.53 Å². The van der Waals surface area contributed by atoms with Gasteiger partial charge in [-0.05, 0) is 44.4 Å². The van der Waals surface area contributed by atoms with Crippen LogP contribution in [0.2, 0.25) is 0 Å². The van der Waals surface area contributed by atoms with E-state index in [9.17, 15) is 4.79 Å². The number of hydrogen-bond acceptors (Lipinski definition) is 2. The second-order valence-electron chi connectivity index (χ2n) is 5.18. The van der Waals surface area contributed by atoms with E-state index in [1.54, 1.807) is 6.08 Å². The molecule has 94 valence electrons. The topological polar surface area (TPSA) is 42.1 Å². The van der Waals surface area contributed by atoms with Crippen LogP contribution >= 0.6 is 0 Å². The molecule has 0 saturated heterocycles. The molecule has 0 amide bonds. The summed E-state index contributed by atoms with van der Waals surface area (Å²) >= 11 is 0. The number of esters is 1. The normalized spacial score (nSPS) is 12.2. The molecule has 0 aliphatic carbocycles. The number of rotatable bonds is 2. The highest BCUT2D eigenvalue weighted by Gasteiger charge is 2.13. The van der Waals surface area contributed by atoms with Crippen LogP contribution < -0.4 is 0 Å². The van der Waals surface area contributed by atoms with Gasteiger partial charge in [-0.1, -0.05) is 18.2 Å². The summed E-state index contributed by atoms with van der Waals surface area (Å²) < 4.78 is 5.19. The molecule has 1 aromatic heterocycles. The van der Waals surface area contributed by atoms with Crippen LogP contribution in [0.25, 0.3) is 17.0 Å². The average Bonchev–Trinajstić information content (AvgIpc) is 2.66. The van der Waals surface area contributed by atoms with Crippen molar-refractivity contribution in [3.8, 4) is 0 Å². The van der Waals surface area contributed by atoms with Crippen molar-refractivity contribution in [3.05, 3.63) is 42.1 Å². The Kier molecular flexibility index (Phi) is 3.24. The van der Waals surface area contributed by atoms with Gasteiger partial charge in [0.15, 0.2) is 0 Å². The van der Waals surface area contributed by atoms with Crippen molar-refractivity contribution in [1.29, 1.82) is 0 Å². The predicted molar refractivity (Wildman–Crippen MR) is 73.2 cm³/mol. The number of H-pyrrole nitrogens is 1. The lowest BCUT2D eigenvalue weighted by Gasteiger charge is -2.17. The molecule has 2 rings (SSSR count). The molecule has 0 saturated carbocycles. The molecule has 0 aliphatic rings. The fraction of sp³-hybridized carbons (Fsp3) is 0.267. The number of para-hydroxylation sites is 1. The maximum Gasteiger partial charge on any atom is 0.331 e. The predicted octanol–water partition coefficient (Wildman–Crippen LogP) is 3.52. The maximum atomic E-state index is 11.5. The standard InChI is InChI=1S/C15H17NO2/c1-15(2,3)18-14(17)9-8-12-10-11-6-4-5-7-13(11)16-12/h4-10,16H,1-3H3/b9-8+. The van der Waals surface area contributed by atoms with E-state index in [1.165, 1.54) is 6.08 Å². The minimum absolute atomic E-state index is 0.332. The van der Waals surface area contributed by atoms with Gasteiger partial charge in [-0.15, -0.1) is 0 Å². The highest BCUT2D eigenvalue weighted by molar-refractivity contribution is 5.89. The summed E-state index contributed by atoms with van der Waals surface area (Å²) in [7, 11) is 0. The minimum atomic E-state index is -0.456. The van der Waals surface area contributed by atoms with Crippen LogP contribution in [0.1, 0.15) is 26.5 Å². The third-order valence-electron chi connectivity index (χ3n) is 2.36. The molecule has 2 aromatic rings. The molecule has 18 heavy (non-hydrogen) atoms. The number of aromatic nitrogens is 1. The van der Waals surface area contributed by atoms with Gasteiger partial charge in [-0.3, -0.25) is 0 Å². The molecule has 0 spiro atoms. The second kappa shape index (κ2) is 4.69. The molecule has 1 aromatic carbocycles. The van der Waals surface area contributed by atoms with E-state index >= 15 is 0 Å². The lowest BCUT2D eigenvalue weighted by atomic mass is 10.2. The molecule has 1 N–H and O–H groups in total. The Labute approximate surface area is 106 Å². The zero-order chi connectivity index (χ0) is 13.2. The van der Waals surface area contributed by atoms with E-state index in [2.05, 4.69) is 4.98 Å². The quantitative estimate of drug-likeness (QED) is 0.647. The zero-order valence-corrected chi connectivity index (χ0v) is 10.9. The van der Waals surface area contributed by atoms with Crippen LogP contribution in [0.15, 0.2) is 36.4 Å². The van der Waals surface area contributed by atoms with Crippen LogP contribution in [0, 0.1) is 0 Å². The summed E-state index contributed by atoms with van der Waals surface area (Å²) in [6.45, 7) is 5.55. The first-order chi connectivity index (χ1) is 8.44. The lowest BCUT2D eigenvalue weighted by Crippen LogP contribution is -2.22. The van der Waals surface area contributed by atoms with Crippen LogP contribution in [0.4, 0.5) is 0 Å². The van der Waals surface area contributed by atoms with Gasteiger partial charge < -0.3 is 9.72 Å². The molecule has 0 fully saturated rings. The molecule has 0 aliphatic heterocycles. The molecular formula is C15H17NO2. The number of ether oxygens (including phenoxy) is 1. The van der Waals surface area contributed by atoms with Crippen molar-refractivity contribution < 1.29 is 9.53 Å². The number of carbonyl (C=O) groups excluding carboxylic acids is 1. The van der Waals surface area contributed by atoms with E-state index in [1.807, 2.05) is 51.1 Å². The van der Waals surface area contributed by atoms with Gasteiger partial charge in [0, 0.05) is 17.3 Å². The summed E-state index contributed by atoms with van der Waals surface area (Å²) in [5.41, 5.74) is 1.49. The molecule has 0 bridgehead atoms.